The molecule has 0 aliphatic rings. The van der Waals surface area contributed by atoms with Crippen LogP contribution in [0.3, 0.4) is 0 Å². The summed E-state index contributed by atoms with van der Waals surface area (Å²) < 4.78 is 45.4. The second kappa shape index (κ2) is 8.30. The van der Waals surface area contributed by atoms with Crippen molar-refractivity contribution in [2.75, 3.05) is 5.32 Å². The minimum Gasteiger partial charge on any atom is -0.419 e. The SMILES string of the molecule is O=S(=O)(c1ccc(F)cc1)c1nc(-c2ccccc2Cl)oc1NCc1ccccc1. The molecule has 0 spiro atoms. The Hall–Kier alpha value is -3.16. The molecule has 0 bridgehead atoms. The molecule has 1 aromatic heterocycles. The average molecular weight is 443 g/mol. The van der Waals surface area contributed by atoms with Crippen molar-refractivity contribution in [1.82, 2.24) is 4.98 Å². The lowest BCUT2D eigenvalue weighted by atomic mass is 10.2. The molecule has 4 rings (SSSR count). The van der Waals surface area contributed by atoms with E-state index in [1.54, 1.807) is 24.3 Å². The highest BCUT2D eigenvalue weighted by Gasteiger charge is 2.29. The summed E-state index contributed by atoms with van der Waals surface area (Å²) in [6.45, 7) is 0.323. The molecule has 30 heavy (non-hydrogen) atoms. The fraction of sp³-hybridized carbons (Fsp3) is 0.0455. The number of hydrogen-bond acceptors (Lipinski definition) is 5. The zero-order valence-electron chi connectivity index (χ0n) is 15.5. The van der Waals surface area contributed by atoms with E-state index in [1.165, 1.54) is 12.1 Å². The van der Waals surface area contributed by atoms with Crippen LogP contribution in [0, 0.1) is 5.82 Å². The van der Waals surface area contributed by atoms with E-state index >= 15 is 0 Å². The molecule has 3 aromatic carbocycles. The van der Waals surface area contributed by atoms with E-state index < -0.39 is 15.7 Å². The normalized spacial score (nSPS) is 11.4. The maximum Gasteiger partial charge on any atom is 0.234 e. The van der Waals surface area contributed by atoms with E-state index in [0.29, 0.717) is 17.1 Å². The first-order valence-corrected chi connectivity index (χ1v) is 10.9. The standard InChI is InChI=1S/C22H16ClFN2O3S/c23-19-9-5-4-8-18(19)20-26-22(30(27,28)17-12-10-16(24)11-13-17)21(29-20)25-14-15-6-2-1-3-7-15/h1-13,25H,14H2. The van der Waals surface area contributed by atoms with Gasteiger partial charge in [-0.2, -0.15) is 4.98 Å². The molecular formula is C22H16ClFN2O3S. The molecule has 152 valence electrons. The van der Waals surface area contributed by atoms with E-state index in [0.717, 1.165) is 17.7 Å². The Morgan fingerprint density at radius 3 is 2.30 bits per heavy atom. The fourth-order valence-electron chi connectivity index (χ4n) is 2.85. The van der Waals surface area contributed by atoms with E-state index in [9.17, 15) is 12.8 Å². The number of benzene rings is 3. The molecule has 4 aromatic rings. The van der Waals surface area contributed by atoms with Crippen LogP contribution in [-0.4, -0.2) is 13.4 Å². The van der Waals surface area contributed by atoms with Gasteiger partial charge in [-0.3, -0.25) is 0 Å². The monoisotopic (exact) mass is 442 g/mol. The van der Waals surface area contributed by atoms with Gasteiger partial charge in [-0.15, -0.1) is 0 Å². The summed E-state index contributed by atoms with van der Waals surface area (Å²) in [4.78, 5) is 4.14. The molecular weight excluding hydrogens is 427 g/mol. The molecule has 0 amide bonds. The highest BCUT2D eigenvalue weighted by molar-refractivity contribution is 7.91. The third-order valence-corrected chi connectivity index (χ3v) is 6.38. The van der Waals surface area contributed by atoms with Crippen LogP contribution in [0.25, 0.3) is 11.5 Å². The molecule has 5 nitrogen and oxygen atoms in total. The van der Waals surface area contributed by atoms with Crippen LogP contribution in [0.5, 0.6) is 0 Å². The van der Waals surface area contributed by atoms with Gasteiger partial charge in [-0.05, 0) is 42.0 Å². The Kier molecular flexibility index (Phi) is 5.57. The largest absolute Gasteiger partial charge is 0.419 e. The summed E-state index contributed by atoms with van der Waals surface area (Å²) >= 11 is 6.23. The van der Waals surface area contributed by atoms with Crippen LogP contribution in [0.4, 0.5) is 10.3 Å². The number of halogens is 2. The van der Waals surface area contributed by atoms with Crippen LogP contribution in [-0.2, 0) is 16.4 Å². The minimum absolute atomic E-state index is 0.0157. The second-order valence-electron chi connectivity index (χ2n) is 6.43. The van der Waals surface area contributed by atoms with Crippen LogP contribution in [0.2, 0.25) is 5.02 Å². The van der Waals surface area contributed by atoms with Crippen molar-refractivity contribution in [2.24, 2.45) is 0 Å². The smallest absolute Gasteiger partial charge is 0.234 e. The zero-order valence-corrected chi connectivity index (χ0v) is 17.1. The number of rotatable bonds is 6. The average Bonchev–Trinajstić information content (AvgIpc) is 3.18. The summed E-state index contributed by atoms with van der Waals surface area (Å²) in [6.07, 6.45) is 0. The highest BCUT2D eigenvalue weighted by atomic mass is 35.5. The molecule has 0 unspecified atom stereocenters. The number of hydrogen-bond donors (Lipinski definition) is 1. The molecule has 0 atom stereocenters. The van der Waals surface area contributed by atoms with E-state index in [-0.39, 0.29) is 21.7 Å². The lowest BCUT2D eigenvalue weighted by molar-refractivity contribution is 0.576. The van der Waals surface area contributed by atoms with Crippen molar-refractivity contribution in [3.63, 3.8) is 0 Å². The quantitative estimate of drug-likeness (QED) is 0.395. The summed E-state index contributed by atoms with van der Waals surface area (Å²) in [5.41, 5.74) is 1.39. The topological polar surface area (TPSA) is 72.2 Å². The maximum absolute atomic E-state index is 13.3. The van der Waals surface area contributed by atoms with Gasteiger partial charge in [-0.25, -0.2) is 12.8 Å². The molecule has 1 heterocycles. The summed E-state index contributed by atoms with van der Waals surface area (Å²) in [5, 5.41) is 3.08. The van der Waals surface area contributed by atoms with Gasteiger partial charge >= 0.3 is 0 Å². The van der Waals surface area contributed by atoms with E-state index in [2.05, 4.69) is 10.3 Å². The van der Waals surface area contributed by atoms with Crippen LogP contribution >= 0.6 is 11.6 Å². The van der Waals surface area contributed by atoms with E-state index in [4.69, 9.17) is 16.0 Å². The van der Waals surface area contributed by atoms with Crippen molar-refractivity contribution in [2.45, 2.75) is 16.5 Å². The molecule has 1 N–H and O–H groups in total. The van der Waals surface area contributed by atoms with Crippen LogP contribution in [0.1, 0.15) is 5.56 Å². The predicted molar refractivity (Wildman–Crippen MR) is 113 cm³/mol. The Morgan fingerprint density at radius 2 is 1.60 bits per heavy atom. The van der Waals surface area contributed by atoms with Crippen molar-refractivity contribution < 1.29 is 17.2 Å². The maximum atomic E-state index is 13.3. The van der Waals surface area contributed by atoms with E-state index in [1.807, 2.05) is 30.3 Å². The Morgan fingerprint density at radius 1 is 0.933 bits per heavy atom. The van der Waals surface area contributed by atoms with Crippen molar-refractivity contribution in [1.29, 1.82) is 0 Å². The molecule has 0 saturated carbocycles. The zero-order chi connectivity index (χ0) is 21.1. The summed E-state index contributed by atoms with van der Waals surface area (Å²) in [5.74, 6) is -0.483. The first-order valence-electron chi connectivity index (χ1n) is 8.99. The van der Waals surface area contributed by atoms with Crippen molar-refractivity contribution in [3.8, 4) is 11.5 Å². The minimum atomic E-state index is -4.07. The molecule has 0 fully saturated rings. The Bertz CT molecular complexity index is 1270. The lowest BCUT2D eigenvalue weighted by Crippen LogP contribution is -2.07. The number of oxazole rings is 1. The van der Waals surface area contributed by atoms with Gasteiger partial charge in [0.25, 0.3) is 0 Å². The molecule has 0 aliphatic heterocycles. The fourth-order valence-corrected chi connectivity index (χ4v) is 4.35. The first kappa shape index (κ1) is 20.1. The highest BCUT2D eigenvalue weighted by Crippen LogP contribution is 2.35. The number of nitrogens with one attached hydrogen (secondary N) is 1. The van der Waals surface area contributed by atoms with Gasteiger partial charge in [0.05, 0.1) is 15.5 Å². The molecule has 0 radical (unpaired) electrons. The second-order valence-corrected chi connectivity index (χ2v) is 8.70. The van der Waals surface area contributed by atoms with Gasteiger partial charge in [0.2, 0.25) is 26.6 Å². The number of aromatic nitrogens is 1. The summed E-state index contributed by atoms with van der Waals surface area (Å²) in [6, 6.07) is 20.8. The van der Waals surface area contributed by atoms with Crippen LogP contribution in [0.15, 0.2) is 93.2 Å². The third kappa shape index (κ3) is 4.08. The van der Waals surface area contributed by atoms with Crippen molar-refractivity contribution >= 4 is 27.3 Å². The first-order chi connectivity index (χ1) is 14.4. The van der Waals surface area contributed by atoms with Crippen molar-refractivity contribution in [3.05, 3.63) is 95.3 Å². The van der Waals surface area contributed by atoms with Gasteiger partial charge in [0.15, 0.2) is 0 Å². The van der Waals surface area contributed by atoms with Gasteiger partial charge in [-0.1, -0.05) is 54.1 Å². The summed E-state index contributed by atoms with van der Waals surface area (Å²) in [7, 11) is -4.07. The lowest BCUT2D eigenvalue weighted by Gasteiger charge is -2.06. The number of anilines is 1. The van der Waals surface area contributed by atoms with Gasteiger partial charge in [0.1, 0.15) is 5.82 Å². The van der Waals surface area contributed by atoms with Gasteiger partial charge in [0, 0.05) is 6.54 Å². The Labute approximate surface area is 178 Å². The predicted octanol–water partition coefficient (Wildman–Crippen LogP) is 5.58. The Balaban J connectivity index is 1.79. The molecule has 8 heteroatoms. The van der Waals surface area contributed by atoms with Crippen LogP contribution < -0.4 is 5.32 Å². The number of sulfone groups is 1. The number of nitrogens with zero attached hydrogens (tertiary/aromatic N) is 1. The molecule has 0 aliphatic carbocycles. The van der Waals surface area contributed by atoms with Gasteiger partial charge < -0.3 is 9.73 Å². The molecule has 0 saturated heterocycles. The third-order valence-electron chi connectivity index (χ3n) is 4.37.